The van der Waals surface area contributed by atoms with E-state index in [9.17, 15) is 0 Å². The van der Waals surface area contributed by atoms with Crippen molar-refractivity contribution in [2.45, 2.75) is 26.8 Å². The summed E-state index contributed by atoms with van der Waals surface area (Å²) in [6.07, 6.45) is 1.82. The topological polar surface area (TPSA) is 34.1 Å². The van der Waals surface area contributed by atoms with E-state index in [4.69, 9.17) is 4.74 Å². The molecule has 2 rings (SSSR count). The van der Waals surface area contributed by atoms with E-state index in [-0.39, 0.29) is 0 Å². The van der Waals surface area contributed by atoms with Gasteiger partial charge in [-0.05, 0) is 25.0 Å². The lowest BCUT2D eigenvalue weighted by atomic mass is 10.1. The molecule has 0 radical (unpaired) electrons. The van der Waals surface area contributed by atoms with Crippen LogP contribution in [-0.4, -0.2) is 18.1 Å². The van der Waals surface area contributed by atoms with Crippen LogP contribution in [0.15, 0.2) is 30.5 Å². The standard InChI is InChI=1S/C15H20N2O/c1-10(2)11(3)17-15-13-6-5-7-14(18-4)12(13)8-9-16-15/h5-11H,1-4H3,(H,16,17). The van der Waals surface area contributed by atoms with E-state index >= 15 is 0 Å². The molecule has 0 aliphatic carbocycles. The van der Waals surface area contributed by atoms with E-state index in [1.807, 2.05) is 24.4 Å². The molecule has 0 spiro atoms. The molecule has 0 aliphatic rings. The number of hydrogen-bond acceptors (Lipinski definition) is 3. The molecule has 0 fully saturated rings. The lowest BCUT2D eigenvalue weighted by molar-refractivity contribution is 0.420. The number of ether oxygens (including phenoxy) is 1. The number of anilines is 1. The first-order valence-electron chi connectivity index (χ1n) is 6.31. The summed E-state index contributed by atoms with van der Waals surface area (Å²) in [5.41, 5.74) is 0. The third kappa shape index (κ3) is 2.40. The van der Waals surface area contributed by atoms with E-state index in [1.54, 1.807) is 7.11 Å². The molecule has 1 aromatic heterocycles. The van der Waals surface area contributed by atoms with Crippen molar-refractivity contribution in [2.24, 2.45) is 5.92 Å². The van der Waals surface area contributed by atoms with Crippen LogP contribution >= 0.6 is 0 Å². The summed E-state index contributed by atoms with van der Waals surface area (Å²) < 4.78 is 5.38. The average molecular weight is 244 g/mol. The second-order valence-corrected chi connectivity index (χ2v) is 4.89. The van der Waals surface area contributed by atoms with Crippen molar-refractivity contribution in [2.75, 3.05) is 12.4 Å². The molecule has 3 heteroatoms. The Hall–Kier alpha value is -1.77. The van der Waals surface area contributed by atoms with Crippen LogP contribution in [0.4, 0.5) is 5.82 Å². The van der Waals surface area contributed by atoms with Crippen LogP contribution in [-0.2, 0) is 0 Å². The molecule has 0 bridgehead atoms. The van der Waals surface area contributed by atoms with Gasteiger partial charge in [-0.1, -0.05) is 26.0 Å². The van der Waals surface area contributed by atoms with E-state index in [0.717, 1.165) is 22.3 Å². The van der Waals surface area contributed by atoms with E-state index in [0.29, 0.717) is 12.0 Å². The van der Waals surface area contributed by atoms with Crippen molar-refractivity contribution in [3.63, 3.8) is 0 Å². The summed E-state index contributed by atoms with van der Waals surface area (Å²) in [5.74, 6) is 2.37. The molecule has 0 saturated heterocycles. The number of aromatic nitrogens is 1. The largest absolute Gasteiger partial charge is 0.496 e. The maximum absolute atomic E-state index is 5.38. The van der Waals surface area contributed by atoms with Crippen LogP contribution in [0.1, 0.15) is 20.8 Å². The van der Waals surface area contributed by atoms with Crippen LogP contribution in [0.5, 0.6) is 5.75 Å². The monoisotopic (exact) mass is 244 g/mol. The van der Waals surface area contributed by atoms with Crippen LogP contribution in [0.2, 0.25) is 0 Å². The second-order valence-electron chi connectivity index (χ2n) is 4.89. The Morgan fingerprint density at radius 2 is 1.89 bits per heavy atom. The van der Waals surface area contributed by atoms with Crippen molar-refractivity contribution in [3.8, 4) is 5.75 Å². The first-order chi connectivity index (χ1) is 8.63. The van der Waals surface area contributed by atoms with Gasteiger partial charge in [0.1, 0.15) is 11.6 Å². The highest BCUT2D eigenvalue weighted by Gasteiger charge is 2.11. The molecule has 96 valence electrons. The first-order valence-corrected chi connectivity index (χ1v) is 6.31. The quantitative estimate of drug-likeness (QED) is 0.890. The molecule has 0 saturated carbocycles. The number of pyridine rings is 1. The van der Waals surface area contributed by atoms with Crippen LogP contribution in [0, 0.1) is 5.92 Å². The minimum atomic E-state index is 0.384. The Kier molecular flexibility index (Phi) is 3.70. The van der Waals surface area contributed by atoms with E-state index in [2.05, 4.69) is 37.1 Å². The number of nitrogens with zero attached hydrogens (tertiary/aromatic N) is 1. The molecule has 1 atom stereocenters. The molecule has 1 aromatic carbocycles. The third-order valence-corrected chi connectivity index (χ3v) is 3.35. The molecular weight excluding hydrogens is 224 g/mol. The number of benzene rings is 1. The summed E-state index contributed by atoms with van der Waals surface area (Å²) in [6, 6.07) is 8.40. The molecule has 3 nitrogen and oxygen atoms in total. The first kappa shape index (κ1) is 12.7. The molecular formula is C15H20N2O. The maximum atomic E-state index is 5.38. The zero-order valence-corrected chi connectivity index (χ0v) is 11.4. The van der Waals surface area contributed by atoms with Crippen LogP contribution in [0.3, 0.4) is 0 Å². The lowest BCUT2D eigenvalue weighted by Crippen LogP contribution is -2.22. The third-order valence-electron chi connectivity index (χ3n) is 3.35. The van der Waals surface area contributed by atoms with E-state index < -0.39 is 0 Å². The Bertz CT molecular complexity index is 537. The lowest BCUT2D eigenvalue weighted by Gasteiger charge is -2.19. The number of hydrogen-bond donors (Lipinski definition) is 1. The Morgan fingerprint density at radius 1 is 1.11 bits per heavy atom. The average Bonchev–Trinajstić information content (AvgIpc) is 2.38. The second kappa shape index (κ2) is 5.25. The van der Waals surface area contributed by atoms with Gasteiger partial charge in [-0.3, -0.25) is 0 Å². The Morgan fingerprint density at radius 3 is 2.56 bits per heavy atom. The number of nitrogens with one attached hydrogen (secondary N) is 1. The van der Waals surface area contributed by atoms with Crippen molar-refractivity contribution >= 4 is 16.6 Å². The van der Waals surface area contributed by atoms with Gasteiger partial charge >= 0.3 is 0 Å². The number of methoxy groups -OCH3 is 1. The van der Waals surface area contributed by atoms with Gasteiger partial charge in [0, 0.05) is 23.0 Å². The molecule has 1 heterocycles. The minimum absolute atomic E-state index is 0.384. The van der Waals surface area contributed by atoms with Crippen LogP contribution in [0.25, 0.3) is 10.8 Å². The van der Waals surface area contributed by atoms with Gasteiger partial charge in [-0.2, -0.15) is 0 Å². The summed E-state index contributed by atoms with van der Waals surface area (Å²) >= 11 is 0. The fourth-order valence-electron chi connectivity index (χ4n) is 1.85. The van der Waals surface area contributed by atoms with Gasteiger partial charge in [-0.15, -0.1) is 0 Å². The molecule has 1 N–H and O–H groups in total. The van der Waals surface area contributed by atoms with Gasteiger partial charge in [0.2, 0.25) is 0 Å². The summed E-state index contributed by atoms with van der Waals surface area (Å²) in [4.78, 5) is 4.44. The normalized spacial score (nSPS) is 12.7. The van der Waals surface area contributed by atoms with Gasteiger partial charge in [0.05, 0.1) is 7.11 Å². The highest BCUT2D eigenvalue weighted by molar-refractivity contribution is 5.95. The number of rotatable bonds is 4. The molecule has 1 unspecified atom stereocenters. The van der Waals surface area contributed by atoms with Crippen molar-refractivity contribution in [3.05, 3.63) is 30.5 Å². The predicted octanol–water partition coefficient (Wildman–Crippen LogP) is 3.70. The van der Waals surface area contributed by atoms with Crippen molar-refractivity contribution in [1.29, 1.82) is 0 Å². The zero-order chi connectivity index (χ0) is 13.1. The van der Waals surface area contributed by atoms with Crippen molar-refractivity contribution in [1.82, 2.24) is 4.98 Å². The fraction of sp³-hybridized carbons (Fsp3) is 0.400. The van der Waals surface area contributed by atoms with Gasteiger partial charge in [-0.25, -0.2) is 4.98 Å². The smallest absolute Gasteiger partial charge is 0.134 e. The minimum Gasteiger partial charge on any atom is -0.496 e. The maximum Gasteiger partial charge on any atom is 0.134 e. The summed E-state index contributed by atoms with van der Waals surface area (Å²) in [7, 11) is 1.69. The summed E-state index contributed by atoms with van der Waals surface area (Å²) in [6.45, 7) is 6.57. The highest BCUT2D eigenvalue weighted by Crippen LogP contribution is 2.29. The van der Waals surface area contributed by atoms with E-state index in [1.165, 1.54) is 0 Å². The highest BCUT2D eigenvalue weighted by atomic mass is 16.5. The molecule has 0 aliphatic heterocycles. The fourth-order valence-corrected chi connectivity index (χ4v) is 1.85. The van der Waals surface area contributed by atoms with Crippen LogP contribution < -0.4 is 10.1 Å². The Labute approximate surface area is 108 Å². The predicted molar refractivity (Wildman–Crippen MR) is 76.2 cm³/mol. The molecule has 18 heavy (non-hydrogen) atoms. The van der Waals surface area contributed by atoms with Gasteiger partial charge in [0.25, 0.3) is 0 Å². The molecule has 0 amide bonds. The van der Waals surface area contributed by atoms with Gasteiger partial charge in [0.15, 0.2) is 0 Å². The summed E-state index contributed by atoms with van der Waals surface area (Å²) in [5, 5.41) is 5.66. The van der Waals surface area contributed by atoms with Gasteiger partial charge < -0.3 is 10.1 Å². The zero-order valence-electron chi connectivity index (χ0n) is 11.4. The van der Waals surface area contributed by atoms with Crippen molar-refractivity contribution < 1.29 is 4.74 Å². The Balaban J connectivity index is 2.46. The number of fused-ring (bicyclic) bond motifs is 1. The SMILES string of the molecule is COc1cccc2c(NC(C)C(C)C)nccc12. The molecule has 2 aromatic rings.